The Kier molecular flexibility index (Phi) is 5.43. The molecular weight excluding hydrogens is 278 g/mol. The number of hydrogen-bond acceptors (Lipinski definition) is 3. The molecule has 2 atom stereocenters. The third kappa shape index (κ3) is 3.86. The maximum atomic E-state index is 6.34. The van der Waals surface area contributed by atoms with Crippen LogP contribution in [0.25, 0.3) is 0 Å². The van der Waals surface area contributed by atoms with Gasteiger partial charge >= 0.3 is 0 Å². The molecule has 1 aromatic heterocycles. The molecule has 0 aliphatic carbocycles. The van der Waals surface area contributed by atoms with Gasteiger partial charge in [0.15, 0.2) is 0 Å². The van der Waals surface area contributed by atoms with Crippen molar-refractivity contribution in [1.82, 2.24) is 0 Å². The van der Waals surface area contributed by atoms with Crippen LogP contribution in [-0.4, -0.2) is 6.04 Å². The second-order valence-corrected chi connectivity index (χ2v) is 7.07. The van der Waals surface area contributed by atoms with Crippen LogP contribution in [0.3, 0.4) is 0 Å². The SMILES string of the molecule is CCC(N)C(Oc1ccccc1C(C)C)c1ccc(C)s1. The summed E-state index contributed by atoms with van der Waals surface area (Å²) in [5.74, 6) is 1.39. The molecule has 0 spiro atoms. The predicted octanol–water partition coefficient (Wildman–Crippen LogP) is 5.04. The quantitative estimate of drug-likeness (QED) is 0.811. The number of ether oxygens (including phenoxy) is 1. The van der Waals surface area contributed by atoms with Crippen LogP contribution in [0, 0.1) is 6.92 Å². The Morgan fingerprint density at radius 2 is 1.86 bits per heavy atom. The van der Waals surface area contributed by atoms with E-state index < -0.39 is 0 Å². The van der Waals surface area contributed by atoms with Gasteiger partial charge in [-0.05, 0) is 43.0 Å². The molecule has 2 nitrogen and oxygen atoms in total. The first-order valence-electron chi connectivity index (χ1n) is 7.60. The Balaban J connectivity index is 2.32. The number of hydrogen-bond donors (Lipinski definition) is 1. The van der Waals surface area contributed by atoms with E-state index in [1.807, 2.05) is 12.1 Å². The maximum absolute atomic E-state index is 6.34. The second-order valence-electron chi connectivity index (χ2n) is 5.75. The van der Waals surface area contributed by atoms with Gasteiger partial charge in [0.2, 0.25) is 0 Å². The normalized spacial score (nSPS) is 14.2. The lowest BCUT2D eigenvalue weighted by Crippen LogP contribution is -2.31. The lowest BCUT2D eigenvalue weighted by molar-refractivity contribution is 0.172. The smallest absolute Gasteiger partial charge is 0.148 e. The summed E-state index contributed by atoms with van der Waals surface area (Å²) in [4.78, 5) is 2.50. The van der Waals surface area contributed by atoms with Crippen LogP contribution in [-0.2, 0) is 0 Å². The predicted molar refractivity (Wildman–Crippen MR) is 91.2 cm³/mol. The first-order valence-corrected chi connectivity index (χ1v) is 8.42. The number of para-hydroxylation sites is 1. The van der Waals surface area contributed by atoms with Crippen LogP contribution in [0.15, 0.2) is 36.4 Å². The molecule has 1 heterocycles. The summed E-state index contributed by atoms with van der Waals surface area (Å²) in [6.45, 7) is 8.60. The standard InChI is InChI=1S/C18H25NOS/c1-5-15(19)18(17-11-10-13(4)21-17)20-16-9-7-6-8-14(16)12(2)3/h6-12,15,18H,5,19H2,1-4H3. The Morgan fingerprint density at radius 3 is 2.43 bits per heavy atom. The molecule has 0 aliphatic heterocycles. The van der Waals surface area contributed by atoms with Crippen molar-refractivity contribution in [2.24, 2.45) is 5.73 Å². The summed E-state index contributed by atoms with van der Waals surface area (Å²) in [6.07, 6.45) is 0.819. The fourth-order valence-corrected chi connectivity index (χ4v) is 3.36. The van der Waals surface area contributed by atoms with Crippen molar-refractivity contribution < 1.29 is 4.74 Å². The molecule has 0 saturated carbocycles. The van der Waals surface area contributed by atoms with E-state index >= 15 is 0 Å². The summed E-state index contributed by atoms with van der Waals surface area (Å²) in [5, 5.41) is 0. The Hall–Kier alpha value is -1.32. The van der Waals surface area contributed by atoms with E-state index in [1.165, 1.54) is 15.3 Å². The highest BCUT2D eigenvalue weighted by atomic mass is 32.1. The van der Waals surface area contributed by atoms with E-state index in [0.717, 1.165) is 12.2 Å². The summed E-state index contributed by atoms with van der Waals surface area (Å²) in [7, 11) is 0. The molecule has 2 rings (SSSR count). The minimum absolute atomic E-state index is 0.00303. The van der Waals surface area contributed by atoms with Crippen molar-refractivity contribution in [1.29, 1.82) is 0 Å². The summed E-state index contributed by atoms with van der Waals surface area (Å²) >= 11 is 1.77. The number of nitrogens with two attached hydrogens (primary N) is 1. The van der Waals surface area contributed by atoms with E-state index in [0.29, 0.717) is 5.92 Å². The molecule has 114 valence electrons. The molecular formula is C18H25NOS. The van der Waals surface area contributed by atoms with Crippen molar-refractivity contribution in [3.8, 4) is 5.75 Å². The highest BCUT2D eigenvalue weighted by Crippen LogP contribution is 2.34. The second kappa shape index (κ2) is 7.10. The van der Waals surface area contributed by atoms with Crippen LogP contribution in [0.4, 0.5) is 0 Å². The minimum atomic E-state index is -0.0754. The van der Waals surface area contributed by atoms with Crippen LogP contribution >= 0.6 is 11.3 Å². The molecule has 1 aromatic carbocycles. The van der Waals surface area contributed by atoms with E-state index in [4.69, 9.17) is 10.5 Å². The topological polar surface area (TPSA) is 35.2 Å². The molecule has 3 heteroatoms. The van der Waals surface area contributed by atoms with Crippen molar-refractivity contribution in [2.45, 2.75) is 52.2 Å². The Labute approximate surface area is 132 Å². The first kappa shape index (κ1) is 16.1. The first-order chi connectivity index (χ1) is 10.0. The summed E-state index contributed by atoms with van der Waals surface area (Å²) < 4.78 is 6.34. The zero-order chi connectivity index (χ0) is 15.4. The van der Waals surface area contributed by atoms with Gasteiger partial charge in [0.05, 0.1) is 0 Å². The molecule has 2 N–H and O–H groups in total. The van der Waals surface area contributed by atoms with Crippen LogP contribution < -0.4 is 10.5 Å². The molecule has 2 unspecified atom stereocenters. The van der Waals surface area contributed by atoms with Crippen LogP contribution in [0.1, 0.15) is 54.5 Å². The van der Waals surface area contributed by atoms with Crippen LogP contribution in [0.5, 0.6) is 5.75 Å². The fraction of sp³-hybridized carbons (Fsp3) is 0.444. The van der Waals surface area contributed by atoms with Gasteiger partial charge in [-0.15, -0.1) is 11.3 Å². The van der Waals surface area contributed by atoms with Gasteiger partial charge < -0.3 is 10.5 Å². The van der Waals surface area contributed by atoms with Gasteiger partial charge in [0.1, 0.15) is 11.9 Å². The van der Waals surface area contributed by atoms with Crippen molar-refractivity contribution in [2.75, 3.05) is 0 Å². The van der Waals surface area contributed by atoms with Crippen molar-refractivity contribution in [3.63, 3.8) is 0 Å². The molecule has 0 fully saturated rings. The third-order valence-electron chi connectivity index (χ3n) is 3.70. The highest BCUT2D eigenvalue weighted by Gasteiger charge is 2.23. The molecule has 21 heavy (non-hydrogen) atoms. The average molecular weight is 303 g/mol. The van der Waals surface area contributed by atoms with E-state index in [-0.39, 0.29) is 12.1 Å². The van der Waals surface area contributed by atoms with Gasteiger partial charge in [-0.25, -0.2) is 0 Å². The van der Waals surface area contributed by atoms with Crippen molar-refractivity contribution in [3.05, 3.63) is 51.7 Å². The fourth-order valence-electron chi connectivity index (χ4n) is 2.38. The number of rotatable bonds is 6. The summed E-state index contributed by atoms with van der Waals surface area (Å²) in [6, 6.07) is 12.5. The lowest BCUT2D eigenvalue weighted by Gasteiger charge is -2.25. The third-order valence-corrected chi connectivity index (χ3v) is 4.76. The zero-order valence-corrected chi connectivity index (χ0v) is 14.1. The summed E-state index contributed by atoms with van der Waals surface area (Å²) in [5.41, 5.74) is 7.55. The number of thiophene rings is 1. The maximum Gasteiger partial charge on any atom is 0.148 e. The Bertz CT molecular complexity index is 576. The zero-order valence-electron chi connectivity index (χ0n) is 13.3. The van der Waals surface area contributed by atoms with Crippen LogP contribution in [0.2, 0.25) is 0 Å². The highest BCUT2D eigenvalue weighted by molar-refractivity contribution is 7.12. The average Bonchev–Trinajstić information content (AvgIpc) is 2.90. The van der Waals surface area contributed by atoms with Gasteiger partial charge in [-0.2, -0.15) is 0 Å². The van der Waals surface area contributed by atoms with Gasteiger partial charge in [-0.3, -0.25) is 0 Å². The van der Waals surface area contributed by atoms with E-state index in [9.17, 15) is 0 Å². The monoisotopic (exact) mass is 303 g/mol. The molecule has 0 radical (unpaired) electrons. The molecule has 0 saturated heterocycles. The number of aryl methyl sites for hydroxylation is 1. The van der Waals surface area contributed by atoms with E-state index in [2.05, 4.69) is 52.0 Å². The molecule has 0 amide bonds. The lowest BCUT2D eigenvalue weighted by atomic mass is 10.0. The van der Waals surface area contributed by atoms with Crippen molar-refractivity contribution >= 4 is 11.3 Å². The largest absolute Gasteiger partial charge is 0.483 e. The Morgan fingerprint density at radius 1 is 1.14 bits per heavy atom. The van der Waals surface area contributed by atoms with Gasteiger partial charge in [0.25, 0.3) is 0 Å². The molecule has 0 aliphatic rings. The van der Waals surface area contributed by atoms with Gasteiger partial charge in [0, 0.05) is 15.8 Å². The van der Waals surface area contributed by atoms with Gasteiger partial charge in [-0.1, -0.05) is 39.0 Å². The van der Waals surface area contributed by atoms with E-state index in [1.54, 1.807) is 11.3 Å². The molecule has 2 aromatic rings. The minimum Gasteiger partial charge on any atom is -0.483 e. The number of benzene rings is 1. The molecule has 0 bridgehead atoms.